The van der Waals surface area contributed by atoms with Crippen LogP contribution in [0.3, 0.4) is 0 Å². The second-order valence-electron chi connectivity index (χ2n) is 8.50. The summed E-state index contributed by atoms with van der Waals surface area (Å²) in [5.74, 6) is -0.430. The number of aliphatic imine (C=N–C) groups is 1. The molecule has 0 aliphatic heterocycles. The number of nitrogens with zero attached hydrogens (tertiary/aromatic N) is 2. The number of rotatable bonds is 8. The number of aromatic hydroxyl groups is 1. The smallest absolute Gasteiger partial charge is 0.337 e. The molecule has 0 atom stereocenters. The fraction of sp³-hybridized carbons (Fsp3) is 0.214. The van der Waals surface area contributed by atoms with Gasteiger partial charge in [0.25, 0.3) is 0 Å². The summed E-state index contributed by atoms with van der Waals surface area (Å²) in [5, 5.41) is 11.6. The number of carbonyl (C=O) groups excluding carboxylic acids is 1. The highest BCUT2D eigenvalue weighted by Gasteiger charge is 2.20. The number of nitrogens with one attached hydrogen (secondary N) is 1. The van der Waals surface area contributed by atoms with E-state index in [0.29, 0.717) is 22.4 Å². The first-order chi connectivity index (χ1) is 16.5. The molecule has 3 aromatic carbocycles. The molecule has 2 N–H and O–H groups in total. The lowest BCUT2D eigenvalue weighted by molar-refractivity contribution is 0.0601. The number of carbonyl (C=O) groups is 1. The van der Waals surface area contributed by atoms with Crippen LogP contribution in [0.1, 0.15) is 33.5 Å². The van der Waals surface area contributed by atoms with Crippen LogP contribution in [0.4, 0.5) is 5.69 Å². The molecule has 0 radical (unpaired) electrons. The molecule has 34 heavy (non-hydrogen) atoms. The quantitative estimate of drug-likeness (QED) is 0.278. The summed E-state index contributed by atoms with van der Waals surface area (Å²) in [5.41, 5.74) is 5.23. The molecule has 0 aliphatic rings. The molecule has 0 saturated heterocycles. The summed E-state index contributed by atoms with van der Waals surface area (Å²) in [6.45, 7) is 1.05. The number of esters is 1. The Balaban J connectivity index is 1.75. The van der Waals surface area contributed by atoms with Crippen molar-refractivity contribution >= 4 is 28.3 Å². The van der Waals surface area contributed by atoms with Crippen LogP contribution < -0.4 is 0 Å². The molecule has 0 unspecified atom stereocenters. The third-order valence-electron chi connectivity index (χ3n) is 5.73. The number of ether oxygens (including phenoxy) is 1. The van der Waals surface area contributed by atoms with Crippen molar-refractivity contribution in [2.24, 2.45) is 4.99 Å². The summed E-state index contributed by atoms with van der Waals surface area (Å²) in [6, 6.07) is 23.2. The Kier molecular flexibility index (Phi) is 7.09. The third kappa shape index (κ3) is 5.18. The first-order valence-electron chi connectivity index (χ1n) is 11.3. The zero-order valence-corrected chi connectivity index (χ0v) is 19.7. The van der Waals surface area contributed by atoms with Gasteiger partial charge in [0.15, 0.2) is 5.88 Å². The zero-order chi connectivity index (χ0) is 24.1. The third-order valence-corrected chi connectivity index (χ3v) is 5.73. The molecule has 0 fully saturated rings. The number of H-pyrrole nitrogens is 1. The molecular formula is C28H29N3O3. The number of benzene rings is 3. The normalized spacial score (nSPS) is 11.8. The summed E-state index contributed by atoms with van der Waals surface area (Å²) in [7, 11) is 5.51. The molecule has 6 heteroatoms. The molecule has 0 amide bonds. The summed E-state index contributed by atoms with van der Waals surface area (Å²) < 4.78 is 4.82. The fourth-order valence-corrected chi connectivity index (χ4v) is 3.99. The topological polar surface area (TPSA) is 77.9 Å². The van der Waals surface area contributed by atoms with E-state index in [-0.39, 0.29) is 5.88 Å². The maximum atomic E-state index is 11.9. The SMILES string of the molecule is COC(=O)c1ccc2c(C(=Nc3ccc(CCCN(C)C)cc3)c3ccccc3)c(O)[nH]c2c1. The molecule has 174 valence electrons. The highest BCUT2D eigenvalue weighted by molar-refractivity contribution is 6.22. The summed E-state index contributed by atoms with van der Waals surface area (Å²) in [4.78, 5) is 22.1. The first kappa shape index (κ1) is 23.3. The average Bonchev–Trinajstić information content (AvgIpc) is 3.18. The van der Waals surface area contributed by atoms with Gasteiger partial charge in [-0.05, 0) is 63.3 Å². The van der Waals surface area contributed by atoms with Crippen LogP contribution in [0, 0.1) is 0 Å². The van der Waals surface area contributed by atoms with Crippen LogP contribution in [0.5, 0.6) is 5.88 Å². The van der Waals surface area contributed by atoms with Crippen LogP contribution in [0.2, 0.25) is 0 Å². The van der Waals surface area contributed by atoms with Gasteiger partial charge in [0.2, 0.25) is 0 Å². The fourth-order valence-electron chi connectivity index (χ4n) is 3.99. The molecule has 6 nitrogen and oxygen atoms in total. The molecule has 0 saturated carbocycles. The van der Waals surface area contributed by atoms with Gasteiger partial charge in [-0.2, -0.15) is 0 Å². The van der Waals surface area contributed by atoms with Crippen molar-refractivity contribution < 1.29 is 14.6 Å². The van der Waals surface area contributed by atoms with E-state index >= 15 is 0 Å². The Morgan fingerprint density at radius 2 is 1.74 bits per heavy atom. The van der Waals surface area contributed by atoms with E-state index in [1.54, 1.807) is 18.2 Å². The predicted octanol–water partition coefficient (Wildman–Crippen LogP) is 5.32. The molecule has 0 spiro atoms. The number of aromatic nitrogens is 1. The van der Waals surface area contributed by atoms with Gasteiger partial charge in [-0.3, -0.25) is 0 Å². The zero-order valence-electron chi connectivity index (χ0n) is 19.7. The Bertz CT molecular complexity index is 1310. The average molecular weight is 456 g/mol. The molecule has 4 aromatic rings. The van der Waals surface area contributed by atoms with Gasteiger partial charge in [-0.1, -0.05) is 48.5 Å². The van der Waals surface area contributed by atoms with Crippen molar-refractivity contribution in [3.8, 4) is 5.88 Å². The van der Waals surface area contributed by atoms with Crippen LogP contribution in [-0.2, 0) is 11.2 Å². The van der Waals surface area contributed by atoms with E-state index in [1.165, 1.54) is 12.7 Å². The van der Waals surface area contributed by atoms with Gasteiger partial charge in [-0.25, -0.2) is 9.79 Å². The predicted molar refractivity (Wildman–Crippen MR) is 136 cm³/mol. The van der Waals surface area contributed by atoms with Crippen molar-refractivity contribution in [3.63, 3.8) is 0 Å². The Morgan fingerprint density at radius 3 is 2.41 bits per heavy atom. The van der Waals surface area contributed by atoms with E-state index in [4.69, 9.17) is 9.73 Å². The lowest BCUT2D eigenvalue weighted by atomic mass is 10.00. The van der Waals surface area contributed by atoms with E-state index < -0.39 is 5.97 Å². The van der Waals surface area contributed by atoms with E-state index in [2.05, 4.69) is 36.1 Å². The number of fused-ring (bicyclic) bond motifs is 1. The van der Waals surface area contributed by atoms with Crippen molar-refractivity contribution in [2.75, 3.05) is 27.7 Å². The van der Waals surface area contributed by atoms with Crippen molar-refractivity contribution in [1.82, 2.24) is 9.88 Å². The largest absolute Gasteiger partial charge is 0.494 e. The van der Waals surface area contributed by atoms with Gasteiger partial charge in [0.1, 0.15) is 0 Å². The van der Waals surface area contributed by atoms with Crippen molar-refractivity contribution in [2.45, 2.75) is 12.8 Å². The second-order valence-corrected chi connectivity index (χ2v) is 8.50. The van der Waals surface area contributed by atoms with Gasteiger partial charge in [0.05, 0.1) is 29.6 Å². The molecule has 0 aliphatic carbocycles. The minimum atomic E-state index is -0.430. The van der Waals surface area contributed by atoms with Crippen LogP contribution in [0.25, 0.3) is 10.9 Å². The molecular weight excluding hydrogens is 426 g/mol. The number of hydrogen-bond donors (Lipinski definition) is 2. The maximum Gasteiger partial charge on any atom is 0.337 e. The van der Waals surface area contributed by atoms with Crippen LogP contribution >= 0.6 is 0 Å². The van der Waals surface area contributed by atoms with E-state index in [9.17, 15) is 9.90 Å². The van der Waals surface area contributed by atoms with Crippen molar-refractivity contribution in [3.05, 3.63) is 95.1 Å². The minimum Gasteiger partial charge on any atom is -0.494 e. The van der Waals surface area contributed by atoms with Gasteiger partial charge < -0.3 is 19.7 Å². The van der Waals surface area contributed by atoms with Crippen LogP contribution in [0.15, 0.2) is 77.8 Å². The maximum absolute atomic E-state index is 11.9. The summed E-state index contributed by atoms with van der Waals surface area (Å²) >= 11 is 0. The van der Waals surface area contributed by atoms with E-state index in [0.717, 1.165) is 36.0 Å². The first-order valence-corrected chi connectivity index (χ1v) is 11.3. The minimum absolute atomic E-state index is 0.0000699. The van der Waals surface area contributed by atoms with Gasteiger partial charge in [-0.15, -0.1) is 0 Å². The molecule has 4 rings (SSSR count). The monoisotopic (exact) mass is 455 g/mol. The standard InChI is InChI=1S/C28H29N3O3/c1-31(2)17-7-8-19-11-14-22(15-12-19)29-26(20-9-5-4-6-10-20)25-23-16-13-21(28(33)34-3)18-24(23)30-27(25)32/h4-6,9-16,18,30,32H,7-8,17H2,1-3H3. The number of hydrogen-bond acceptors (Lipinski definition) is 5. The number of methoxy groups -OCH3 is 1. The Hall–Kier alpha value is -3.90. The van der Waals surface area contributed by atoms with Gasteiger partial charge >= 0.3 is 5.97 Å². The van der Waals surface area contributed by atoms with E-state index in [1.807, 2.05) is 42.5 Å². The van der Waals surface area contributed by atoms with Crippen molar-refractivity contribution in [1.29, 1.82) is 0 Å². The van der Waals surface area contributed by atoms with Gasteiger partial charge in [0, 0.05) is 16.5 Å². The molecule has 0 bridgehead atoms. The summed E-state index contributed by atoms with van der Waals surface area (Å²) in [6.07, 6.45) is 2.11. The Labute approximate surface area is 199 Å². The number of aryl methyl sites for hydroxylation is 1. The Morgan fingerprint density at radius 1 is 1.00 bits per heavy atom. The highest BCUT2D eigenvalue weighted by atomic mass is 16.5. The molecule has 1 heterocycles. The van der Waals surface area contributed by atoms with Crippen LogP contribution in [-0.4, -0.2) is 54.4 Å². The lowest BCUT2D eigenvalue weighted by Gasteiger charge is -2.10. The number of aromatic amines is 1. The highest BCUT2D eigenvalue weighted by Crippen LogP contribution is 2.32. The molecule has 1 aromatic heterocycles. The lowest BCUT2D eigenvalue weighted by Crippen LogP contribution is -2.13. The second kappa shape index (κ2) is 10.4.